The van der Waals surface area contributed by atoms with Crippen molar-refractivity contribution < 1.29 is 4.79 Å². The third-order valence-corrected chi connectivity index (χ3v) is 4.67. The lowest BCUT2D eigenvalue weighted by molar-refractivity contribution is -0.117. The van der Waals surface area contributed by atoms with Gasteiger partial charge in [0.2, 0.25) is 5.95 Å². The van der Waals surface area contributed by atoms with Crippen molar-refractivity contribution in [3.63, 3.8) is 0 Å². The van der Waals surface area contributed by atoms with Crippen LogP contribution >= 0.6 is 0 Å². The molecule has 7 nitrogen and oxygen atoms in total. The molecule has 26 heavy (non-hydrogen) atoms. The molecular formula is C19H26N6O. The predicted octanol–water partition coefficient (Wildman–Crippen LogP) is 3.64. The van der Waals surface area contributed by atoms with Crippen LogP contribution in [0.3, 0.4) is 0 Å². The molecule has 3 heterocycles. The summed E-state index contributed by atoms with van der Waals surface area (Å²) >= 11 is 0. The SMILES string of the molecule is CCC(Cn1ccc2cnc(Nc3cnn(CC(C)=O)c3)nc21)C(C)C. The number of ketones is 1. The first-order valence-corrected chi connectivity index (χ1v) is 9.07. The Morgan fingerprint density at radius 1 is 1.31 bits per heavy atom. The molecule has 1 unspecified atom stereocenters. The molecule has 3 aromatic rings. The molecule has 0 amide bonds. The van der Waals surface area contributed by atoms with Crippen LogP contribution in [0.4, 0.5) is 11.6 Å². The van der Waals surface area contributed by atoms with E-state index < -0.39 is 0 Å². The average molecular weight is 354 g/mol. The van der Waals surface area contributed by atoms with E-state index in [9.17, 15) is 4.79 Å². The summed E-state index contributed by atoms with van der Waals surface area (Å²) in [7, 11) is 0. The smallest absolute Gasteiger partial charge is 0.229 e. The Kier molecular flexibility index (Phi) is 5.35. The molecule has 3 aromatic heterocycles. The number of hydrogen-bond donors (Lipinski definition) is 1. The van der Waals surface area contributed by atoms with E-state index in [2.05, 4.69) is 58.0 Å². The maximum absolute atomic E-state index is 11.2. The van der Waals surface area contributed by atoms with Gasteiger partial charge in [-0.1, -0.05) is 27.2 Å². The highest BCUT2D eigenvalue weighted by atomic mass is 16.1. The van der Waals surface area contributed by atoms with Crippen molar-refractivity contribution in [2.24, 2.45) is 11.8 Å². The van der Waals surface area contributed by atoms with Crippen LogP contribution in [0.5, 0.6) is 0 Å². The number of Topliss-reactive ketones (excluding diaryl/α,β-unsaturated/α-hetero) is 1. The standard InChI is InChI=1S/C19H26N6O/c1-5-15(13(2)3)11-24-7-6-16-8-20-19(23-18(16)24)22-17-9-21-25(12-17)10-14(4)26/h6-9,12-13,15H,5,10-11H2,1-4H3,(H,20,22,23). The third kappa shape index (κ3) is 4.09. The molecule has 0 aliphatic heterocycles. The second-order valence-corrected chi connectivity index (χ2v) is 7.11. The van der Waals surface area contributed by atoms with E-state index in [0.717, 1.165) is 29.7 Å². The van der Waals surface area contributed by atoms with E-state index in [0.29, 0.717) is 17.8 Å². The van der Waals surface area contributed by atoms with Crippen LogP contribution in [0.25, 0.3) is 11.0 Å². The number of aromatic nitrogens is 5. The maximum atomic E-state index is 11.2. The van der Waals surface area contributed by atoms with Crippen LogP contribution < -0.4 is 5.32 Å². The Balaban J connectivity index is 1.80. The Labute approximate surface area is 153 Å². The largest absolute Gasteiger partial charge is 0.332 e. The minimum Gasteiger partial charge on any atom is -0.332 e. The predicted molar refractivity (Wildman–Crippen MR) is 102 cm³/mol. The first kappa shape index (κ1) is 18.1. The molecule has 1 atom stereocenters. The number of hydrogen-bond acceptors (Lipinski definition) is 5. The monoisotopic (exact) mass is 354 g/mol. The summed E-state index contributed by atoms with van der Waals surface area (Å²) in [5, 5.41) is 8.36. The molecule has 7 heteroatoms. The van der Waals surface area contributed by atoms with E-state index in [1.807, 2.05) is 6.20 Å². The van der Waals surface area contributed by atoms with Gasteiger partial charge in [-0.3, -0.25) is 9.48 Å². The molecule has 0 spiro atoms. The van der Waals surface area contributed by atoms with Gasteiger partial charge in [-0.05, 0) is 24.8 Å². The maximum Gasteiger partial charge on any atom is 0.229 e. The number of carbonyl (C=O) groups is 1. The highest BCUT2D eigenvalue weighted by Crippen LogP contribution is 2.22. The van der Waals surface area contributed by atoms with Crippen molar-refractivity contribution in [3.8, 4) is 0 Å². The molecule has 0 saturated heterocycles. The minimum atomic E-state index is 0.0609. The lowest BCUT2D eigenvalue weighted by Gasteiger charge is -2.20. The van der Waals surface area contributed by atoms with Crippen molar-refractivity contribution >= 4 is 28.5 Å². The molecule has 0 saturated carbocycles. The highest BCUT2D eigenvalue weighted by molar-refractivity contribution is 5.77. The van der Waals surface area contributed by atoms with Gasteiger partial charge in [-0.15, -0.1) is 0 Å². The number of fused-ring (bicyclic) bond motifs is 1. The molecular weight excluding hydrogens is 328 g/mol. The molecule has 0 bridgehead atoms. The van der Waals surface area contributed by atoms with E-state index in [4.69, 9.17) is 0 Å². The summed E-state index contributed by atoms with van der Waals surface area (Å²) in [5.41, 5.74) is 1.69. The lowest BCUT2D eigenvalue weighted by Crippen LogP contribution is -2.15. The summed E-state index contributed by atoms with van der Waals surface area (Å²) in [6.45, 7) is 9.52. The molecule has 0 aliphatic carbocycles. The molecule has 3 rings (SSSR count). The van der Waals surface area contributed by atoms with E-state index in [-0.39, 0.29) is 12.3 Å². The fourth-order valence-electron chi connectivity index (χ4n) is 3.11. The summed E-state index contributed by atoms with van der Waals surface area (Å²) in [6.07, 6.45) is 8.50. The molecule has 138 valence electrons. The van der Waals surface area contributed by atoms with Crippen LogP contribution in [-0.2, 0) is 17.9 Å². The van der Waals surface area contributed by atoms with Crippen molar-refractivity contribution in [2.75, 3.05) is 5.32 Å². The van der Waals surface area contributed by atoms with Gasteiger partial charge in [0.15, 0.2) is 5.78 Å². The van der Waals surface area contributed by atoms with Gasteiger partial charge in [0, 0.05) is 30.5 Å². The second-order valence-electron chi connectivity index (χ2n) is 7.11. The fourth-order valence-corrected chi connectivity index (χ4v) is 3.11. The second kappa shape index (κ2) is 7.68. The molecule has 0 fully saturated rings. The van der Waals surface area contributed by atoms with Crippen LogP contribution in [-0.4, -0.2) is 30.1 Å². The third-order valence-electron chi connectivity index (χ3n) is 4.67. The number of nitrogens with zero attached hydrogens (tertiary/aromatic N) is 5. The zero-order valence-corrected chi connectivity index (χ0v) is 15.8. The number of carbonyl (C=O) groups excluding carboxylic acids is 1. The topological polar surface area (TPSA) is 77.6 Å². The Morgan fingerprint density at radius 2 is 2.12 bits per heavy atom. The Bertz CT molecular complexity index is 894. The fraction of sp³-hybridized carbons (Fsp3) is 0.474. The first-order valence-electron chi connectivity index (χ1n) is 9.07. The van der Waals surface area contributed by atoms with Crippen LogP contribution in [0.15, 0.2) is 30.9 Å². The lowest BCUT2D eigenvalue weighted by atomic mass is 9.93. The Hall–Kier alpha value is -2.70. The van der Waals surface area contributed by atoms with Crippen molar-refractivity contribution in [1.29, 1.82) is 0 Å². The summed E-state index contributed by atoms with van der Waals surface area (Å²) in [5.74, 6) is 1.83. The van der Waals surface area contributed by atoms with Gasteiger partial charge in [0.25, 0.3) is 0 Å². The summed E-state index contributed by atoms with van der Waals surface area (Å²) < 4.78 is 3.80. The van der Waals surface area contributed by atoms with Gasteiger partial charge < -0.3 is 9.88 Å². The van der Waals surface area contributed by atoms with E-state index in [1.165, 1.54) is 0 Å². The van der Waals surface area contributed by atoms with Gasteiger partial charge in [0.1, 0.15) is 5.65 Å². The van der Waals surface area contributed by atoms with E-state index >= 15 is 0 Å². The first-order chi connectivity index (χ1) is 12.5. The molecule has 1 N–H and O–H groups in total. The zero-order chi connectivity index (χ0) is 18.7. The van der Waals surface area contributed by atoms with E-state index in [1.54, 1.807) is 24.0 Å². The van der Waals surface area contributed by atoms with Gasteiger partial charge >= 0.3 is 0 Å². The number of nitrogens with one attached hydrogen (secondary N) is 1. The molecule has 0 aliphatic rings. The summed E-state index contributed by atoms with van der Waals surface area (Å²) in [6, 6.07) is 2.05. The quantitative estimate of drug-likeness (QED) is 0.668. The van der Waals surface area contributed by atoms with Crippen molar-refractivity contribution in [2.45, 2.75) is 47.2 Å². The van der Waals surface area contributed by atoms with Crippen LogP contribution in [0.1, 0.15) is 34.1 Å². The molecule has 0 radical (unpaired) electrons. The van der Waals surface area contributed by atoms with Gasteiger partial charge in [-0.25, -0.2) is 4.98 Å². The average Bonchev–Trinajstić information content (AvgIpc) is 3.18. The Morgan fingerprint density at radius 3 is 2.81 bits per heavy atom. The van der Waals surface area contributed by atoms with Crippen LogP contribution in [0, 0.1) is 11.8 Å². The number of anilines is 2. The van der Waals surface area contributed by atoms with Crippen LogP contribution in [0.2, 0.25) is 0 Å². The number of rotatable bonds is 8. The normalized spacial score (nSPS) is 12.7. The highest BCUT2D eigenvalue weighted by Gasteiger charge is 2.14. The zero-order valence-electron chi connectivity index (χ0n) is 15.8. The molecule has 0 aromatic carbocycles. The van der Waals surface area contributed by atoms with Gasteiger partial charge in [-0.2, -0.15) is 10.1 Å². The minimum absolute atomic E-state index is 0.0609. The summed E-state index contributed by atoms with van der Waals surface area (Å²) in [4.78, 5) is 20.3. The van der Waals surface area contributed by atoms with Gasteiger partial charge in [0.05, 0.1) is 18.4 Å². The van der Waals surface area contributed by atoms with Crippen molar-refractivity contribution in [1.82, 2.24) is 24.3 Å². The van der Waals surface area contributed by atoms with Crippen molar-refractivity contribution in [3.05, 3.63) is 30.9 Å².